The fraction of sp³-hybridized carbons (Fsp3) is 0.400. The van der Waals surface area contributed by atoms with Gasteiger partial charge in [0, 0.05) is 25.0 Å². The molecule has 30 heavy (non-hydrogen) atoms. The number of phenols is 2. The van der Waals surface area contributed by atoms with E-state index in [1.807, 2.05) is 0 Å². The highest BCUT2D eigenvalue weighted by molar-refractivity contribution is 6.39. The molecule has 162 valence electrons. The molecule has 9 nitrogen and oxygen atoms in total. The number of aromatic hydroxyl groups is 2. The SMILES string of the molecule is CC(=O)NNC1CCC[C@H](C)OC(=O)c2c(O)cc(O)c(Cl)c2C=CCC(=O)C1=O. The molecule has 2 atom stereocenters. The molecule has 0 saturated carbocycles. The molecule has 1 aromatic rings. The van der Waals surface area contributed by atoms with E-state index in [2.05, 4.69) is 10.9 Å². The Balaban J connectivity index is 2.40. The molecule has 0 aromatic heterocycles. The van der Waals surface area contributed by atoms with Gasteiger partial charge in [0.15, 0.2) is 0 Å². The van der Waals surface area contributed by atoms with Crippen molar-refractivity contribution in [3.63, 3.8) is 0 Å². The lowest BCUT2D eigenvalue weighted by molar-refractivity contribution is -0.138. The lowest BCUT2D eigenvalue weighted by Crippen LogP contribution is -2.49. The Kier molecular flexibility index (Phi) is 7.96. The number of allylic oxidation sites excluding steroid dienone is 1. The minimum absolute atomic E-state index is 0.0309. The largest absolute Gasteiger partial charge is 0.507 e. The van der Waals surface area contributed by atoms with Crippen molar-refractivity contribution in [2.45, 2.75) is 51.7 Å². The number of rotatable bonds is 2. The molecule has 0 radical (unpaired) electrons. The maximum absolute atomic E-state index is 12.6. The molecule has 0 saturated heterocycles. The van der Waals surface area contributed by atoms with Crippen molar-refractivity contribution in [2.75, 3.05) is 0 Å². The van der Waals surface area contributed by atoms with E-state index in [0.717, 1.165) is 6.07 Å². The van der Waals surface area contributed by atoms with Gasteiger partial charge in [-0.25, -0.2) is 10.2 Å². The molecule has 10 heteroatoms. The summed E-state index contributed by atoms with van der Waals surface area (Å²) in [7, 11) is 0. The number of fused-ring (bicyclic) bond motifs is 1. The zero-order valence-corrected chi connectivity index (χ0v) is 17.3. The summed E-state index contributed by atoms with van der Waals surface area (Å²) >= 11 is 6.07. The molecule has 1 heterocycles. The molecule has 2 rings (SSSR count). The van der Waals surface area contributed by atoms with Crippen molar-refractivity contribution in [3.8, 4) is 11.5 Å². The van der Waals surface area contributed by atoms with Crippen LogP contribution in [0.5, 0.6) is 11.5 Å². The number of carbonyl (C=O) groups is 4. The van der Waals surface area contributed by atoms with Crippen LogP contribution in [0.4, 0.5) is 0 Å². The van der Waals surface area contributed by atoms with Crippen LogP contribution in [0.2, 0.25) is 5.02 Å². The van der Waals surface area contributed by atoms with E-state index in [1.54, 1.807) is 6.92 Å². The molecule has 1 aliphatic rings. The molecule has 0 bridgehead atoms. The van der Waals surface area contributed by atoms with Gasteiger partial charge in [0.05, 0.1) is 17.2 Å². The van der Waals surface area contributed by atoms with Crippen LogP contribution in [0.25, 0.3) is 6.08 Å². The number of amides is 1. The molecule has 0 fully saturated rings. The Labute approximate surface area is 178 Å². The van der Waals surface area contributed by atoms with Gasteiger partial charge in [0.2, 0.25) is 17.5 Å². The number of Topliss-reactive ketones (excluding diaryl/α,β-unsaturated/α-hetero) is 2. The molecule has 1 aliphatic heterocycles. The van der Waals surface area contributed by atoms with Crippen LogP contribution in [0, 0.1) is 0 Å². The van der Waals surface area contributed by atoms with Gasteiger partial charge in [-0.05, 0) is 26.2 Å². The highest BCUT2D eigenvalue weighted by Gasteiger charge is 2.27. The number of hydrogen-bond acceptors (Lipinski definition) is 8. The van der Waals surface area contributed by atoms with Gasteiger partial charge in [-0.3, -0.25) is 19.8 Å². The second kappa shape index (κ2) is 10.2. The average molecular weight is 439 g/mol. The highest BCUT2D eigenvalue weighted by Crippen LogP contribution is 2.37. The Hall–Kier alpha value is -2.91. The topological polar surface area (TPSA) is 142 Å². The Bertz CT molecular complexity index is 898. The minimum atomic E-state index is -0.926. The monoisotopic (exact) mass is 438 g/mol. The third kappa shape index (κ3) is 5.80. The molecule has 0 spiro atoms. The van der Waals surface area contributed by atoms with Crippen LogP contribution in [-0.4, -0.2) is 45.8 Å². The number of hydrazine groups is 1. The van der Waals surface area contributed by atoms with E-state index < -0.39 is 47.1 Å². The fourth-order valence-corrected chi connectivity index (χ4v) is 3.18. The van der Waals surface area contributed by atoms with Gasteiger partial charge in [-0.2, -0.15) is 0 Å². The number of nitrogens with one attached hydrogen (secondary N) is 2. The zero-order valence-electron chi connectivity index (χ0n) is 16.5. The van der Waals surface area contributed by atoms with Crippen molar-refractivity contribution in [3.05, 3.63) is 28.3 Å². The predicted molar refractivity (Wildman–Crippen MR) is 108 cm³/mol. The van der Waals surface area contributed by atoms with E-state index in [4.69, 9.17) is 16.3 Å². The van der Waals surface area contributed by atoms with E-state index in [1.165, 1.54) is 19.1 Å². The second-order valence-electron chi connectivity index (χ2n) is 6.94. The van der Waals surface area contributed by atoms with Crippen LogP contribution < -0.4 is 10.9 Å². The van der Waals surface area contributed by atoms with Crippen molar-refractivity contribution in [1.29, 1.82) is 0 Å². The van der Waals surface area contributed by atoms with Crippen LogP contribution in [-0.2, 0) is 19.1 Å². The summed E-state index contributed by atoms with van der Waals surface area (Å²) in [4.78, 5) is 48.5. The average Bonchev–Trinajstić information content (AvgIpc) is 2.66. The van der Waals surface area contributed by atoms with Crippen LogP contribution in [0.3, 0.4) is 0 Å². The third-order valence-electron chi connectivity index (χ3n) is 4.48. The zero-order chi connectivity index (χ0) is 22.4. The van der Waals surface area contributed by atoms with Crippen molar-refractivity contribution in [1.82, 2.24) is 10.9 Å². The first-order valence-corrected chi connectivity index (χ1v) is 9.70. The van der Waals surface area contributed by atoms with Gasteiger partial charge in [-0.15, -0.1) is 0 Å². The van der Waals surface area contributed by atoms with E-state index in [-0.39, 0.29) is 29.0 Å². The summed E-state index contributed by atoms with van der Waals surface area (Å²) in [5, 5.41) is 19.8. The number of cyclic esters (lactones) is 1. The second-order valence-corrected chi connectivity index (χ2v) is 7.31. The third-order valence-corrected chi connectivity index (χ3v) is 4.87. The van der Waals surface area contributed by atoms with Gasteiger partial charge in [-0.1, -0.05) is 23.8 Å². The van der Waals surface area contributed by atoms with Crippen LogP contribution >= 0.6 is 11.6 Å². The number of halogens is 1. The summed E-state index contributed by atoms with van der Waals surface area (Å²) < 4.78 is 5.36. The summed E-state index contributed by atoms with van der Waals surface area (Å²) in [5.41, 5.74) is 4.59. The lowest BCUT2D eigenvalue weighted by atomic mass is 9.99. The standard InChI is InChI=1S/C20H23ClN2O7/c1-10-5-3-7-13(23-22-11(2)24)19(28)14(25)8-4-6-12-17(20(29)30-10)15(26)9-16(27)18(12)21/h4,6,9-10,13,23,26-27H,3,5,7-8H2,1-2H3,(H,22,24)/t10-,13?/m0/s1. The molecule has 4 N–H and O–H groups in total. The molecular weight excluding hydrogens is 416 g/mol. The number of ether oxygens (including phenoxy) is 1. The van der Waals surface area contributed by atoms with Gasteiger partial charge >= 0.3 is 5.97 Å². The van der Waals surface area contributed by atoms with Gasteiger partial charge in [0.1, 0.15) is 17.1 Å². The molecular formula is C20H23ClN2O7. The number of hydrogen-bond donors (Lipinski definition) is 4. The first kappa shape index (κ1) is 23.4. The fourth-order valence-electron chi connectivity index (χ4n) is 2.97. The van der Waals surface area contributed by atoms with Crippen molar-refractivity contribution < 1.29 is 34.1 Å². The number of benzene rings is 1. The smallest absolute Gasteiger partial charge is 0.342 e. The van der Waals surface area contributed by atoms with Crippen molar-refractivity contribution in [2.24, 2.45) is 0 Å². The first-order chi connectivity index (χ1) is 14.1. The maximum Gasteiger partial charge on any atom is 0.342 e. The van der Waals surface area contributed by atoms with E-state index in [0.29, 0.717) is 12.8 Å². The van der Waals surface area contributed by atoms with Crippen LogP contribution in [0.1, 0.15) is 55.5 Å². The minimum Gasteiger partial charge on any atom is -0.507 e. The van der Waals surface area contributed by atoms with Gasteiger partial charge < -0.3 is 14.9 Å². The van der Waals surface area contributed by atoms with Gasteiger partial charge in [0.25, 0.3) is 0 Å². The normalized spacial score (nSPS) is 20.8. The first-order valence-electron chi connectivity index (χ1n) is 9.32. The van der Waals surface area contributed by atoms with E-state index in [9.17, 15) is 29.4 Å². The number of esters is 1. The quantitative estimate of drug-likeness (QED) is 0.312. The molecule has 1 amide bonds. The Morgan fingerprint density at radius 3 is 2.57 bits per heavy atom. The van der Waals surface area contributed by atoms with Crippen LogP contribution in [0.15, 0.2) is 12.1 Å². The predicted octanol–water partition coefficient (Wildman–Crippen LogP) is 2.03. The van der Waals surface area contributed by atoms with E-state index >= 15 is 0 Å². The Morgan fingerprint density at radius 1 is 1.20 bits per heavy atom. The highest BCUT2D eigenvalue weighted by atomic mass is 35.5. The number of ketones is 2. The number of phenolic OH excluding ortho intramolecular Hbond substituents is 2. The lowest BCUT2D eigenvalue weighted by Gasteiger charge is -2.19. The summed E-state index contributed by atoms with van der Waals surface area (Å²) in [6.45, 7) is 2.90. The summed E-state index contributed by atoms with van der Waals surface area (Å²) in [6, 6.07) is 0.00131. The molecule has 1 aromatic carbocycles. The molecule has 0 aliphatic carbocycles. The number of carbonyl (C=O) groups excluding carboxylic acids is 4. The summed E-state index contributed by atoms with van der Waals surface area (Å²) in [5.74, 6) is -3.66. The summed E-state index contributed by atoms with van der Waals surface area (Å²) in [6.07, 6.45) is 2.68. The molecule has 1 unspecified atom stereocenters. The Morgan fingerprint density at radius 2 is 1.90 bits per heavy atom. The van der Waals surface area contributed by atoms with Crippen molar-refractivity contribution >= 4 is 41.1 Å². The maximum atomic E-state index is 12.6.